The highest BCUT2D eigenvalue weighted by atomic mass is 16.5. The number of rotatable bonds is 5. The maximum absolute atomic E-state index is 14.1. The lowest BCUT2D eigenvalue weighted by atomic mass is 10.00. The Morgan fingerprint density at radius 2 is 1.82 bits per heavy atom. The van der Waals surface area contributed by atoms with Crippen LogP contribution < -0.4 is 10.1 Å². The van der Waals surface area contributed by atoms with E-state index in [1.54, 1.807) is 7.11 Å². The summed E-state index contributed by atoms with van der Waals surface area (Å²) in [7, 11) is 1.62. The van der Waals surface area contributed by atoms with E-state index >= 15 is 0 Å². The lowest BCUT2D eigenvalue weighted by molar-refractivity contribution is 0.194. The van der Waals surface area contributed by atoms with Crippen LogP contribution in [0.3, 0.4) is 0 Å². The smallest absolute Gasteiger partial charge is 0.322 e. The fraction of sp³-hybridized carbons (Fsp3) is 0.188. The number of nitrogens with zero attached hydrogens (tertiary/aromatic N) is 4. The van der Waals surface area contributed by atoms with Crippen LogP contribution >= 0.6 is 0 Å². The first-order chi connectivity index (χ1) is 19.1. The molecule has 3 heterocycles. The molecule has 0 fully saturated rings. The minimum atomic E-state index is -0.313. The van der Waals surface area contributed by atoms with Crippen molar-refractivity contribution in [2.24, 2.45) is 0 Å². The summed E-state index contributed by atoms with van der Waals surface area (Å²) in [6.07, 6.45) is 2.82. The maximum Gasteiger partial charge on any atom is 0.322 e. The Balaban J connectivity index is 1.54. The van der Waals surface area contributed by atoms with Crippen molar-refractivity contribution in [2.45, 2.75) is 32.9 Å². The number of urea groups is 1. The third kappa shape index (κ3) is 4.46. The van der Waals surface area contributed by atoms with Gasteiger partial charge in [-0.2, -0.15) is 5.10 Å². The molecule has 1 atom stereocenters. The normalized spacial score (nSPS) is 14.3. The molecule has 0 spiro atoms. The summed E-state index contributed by atoms with van der Waals surface area (Å²) in [5, 5.41) is 8.16. The molecule has 1 aliphatic rings. The molecule has 0 aliphatic carbocycles. The highest BCUT2D eigenvalue weighted by Crippen LogP contribution is 2.39. The quantitative estimate of drug-likeness (QED) is 0.283. The average Bonchev–Trinajstić information content (AvgIpc) is 3.54. The first kappa shape index (κ1) is 24.6. The molecular weight excluding hydrogens is 486 g/mol. The van der Waals surface area contributed by atoms with E-state index in [0.29, 0.717) is 18.0 Å². The zero-order valence-corrected chi connectivity index (χ0v) is 22.3. The summed E-state index contributed by atoms with van der Waals surface area (Å²) >= 11 is 0. The summed E-state index contributed by atoms with van der Waals surface area (Å²) in [6, 6.07) is 29.6. The number of amides is 2. The largest absolute Gasteiger partial charge is 0.497 e. The van der Waals surface area contributed by atoms with Crippen LogP contribution in [-0.4, -0.2) is 32.4 Å². The van der Waals surface area contributed by atoms with Gasteiger partial charge in [-0.25, -0.2) is 9.48 Å². The predicted molar refractivity (Wildman–Crippen MR) is 153 cm³/mol. The molecule has 7 nitrogen and oxygen atoms in total. The molecule has 1 unspecified atom stereocenters. The Labute approximate surface area is 228 Å². The minimum absolute atomic E-state index is 0.190. The highest BCUT2D eigenvalue weighted by molar-refractivity contribution is 5.90. The number of anilines is 1. The van der Waals surface area contributed by atoms with Gasteiger partial charge in [0.1, 0.15) is 11.6 Å². The van der Waals surface area contributed by atoms with Crippen LogP contribution in [0.4, 0.5) is 10.5 Å². The highest BCUT2D eigenvalue weighted by Gasteiger charge is 2.36. The minimum Gasteiger partial charge on any atom is -0.497 e. The number of carbonyl (C=O) groups is 1. The second-order valence-corrected chi connectivity index (χ2v) is 9.76. The number of hydrogen-bond acceptors (Lipinski definition) is 3. The van der Waals surface area contributed by atoms with Gasteiger partial charge in [0, 0.05) is 23.5 Å². The molecule has 39 heavy (non-hydrogen) atoms. The van der Waals surface area contributed by atoms with Crippen LogP contribution in [0.25, 0.3) is 11.5 Å². The van der Waals surface area contributed by atoms with Crippen molar-refractivity contribution in [2.75, 3.05) is 12.4 Å². The fourth-order valence-electron chi connectivity index (χ4n) is 5.44. The molecule has 1 N–H and O–H groups in total. The summed E-state index contributed by atoms with van der Waals surface area (Å²) < 4.78 is 9.59. The number of para-hydroxylation sites is 1. The second-order valence-electron chi connectivity index (χ2n) is 9.76. The Kier molecular flexibility index (Phi) is 6.40. The standard InChI is InChI=1S/C32H31N5O2/c1-4-28-27-21-36(32(38)33-24-13-9-16-26(20-24)39-3)30(23-12-8-11-22(2)19-23)29-17-10-18-35(29)31(27)37(34-28)25-14-6-5-7-15-25/h5-20,30H,4,21H2,1-3H3,(H,33,38). The summed E-state index contributed by atoms with van der Waals surface area (Å²) in [5.74, 6) is 1.65. The van der Waals surface area contributed by atoms with E-state index in [9.17, 15) is 4.79 Å². The predicted octanol–water partition coefficient (Wildman–Crippen LogP) is 6.68. The number of nitrogens with one attached hydrogen (secondary N) is 1. The van der Waals surface area contributed by atoms with Crippen molar-refractivity contribution in [3.8, 4) is 17.3 Å². The Morgan fingerprint density at radius 1 is 1.00 bits per heavy atom. The number of fused-ring (bicyclic) bond motifs is 3. The molecule has 0 saturated heterocycles. The third-order valence-electron chi connectivity index (χ3n) is 7.24. The first-order valence-corrected chi connectivity index (χ1v) is 13.2. The molecule has 2 aromatic heterocycles. The molecule has 196 valence electrons. The van der Waals surface area contributed by atoms with Gasteiger partial charge in [0.05, 0.1) is 36.8 Å². The van der Waals surface area contributed by atoms with Crippen LogP contribution in [0.15, 0.2) is 97.2 Å². The van der Waals surface area contributed by atoms with E-state index in [1.807, 2.05) is 58.1 Å². The van der Waals surface area contributed by atoms with E-state index in [1.165, 1.54) is 0 Å². The second kappa shape index (κ2) is 10.2. The number of ether oxygens (including phenoxy) is 1. The molecule has 0 bridgehead atoms. The molecule has 1 aliphatic heterocycles. The number of methoxy groups -OCH3 is 1. The zero-order chi connectivity index (χ0) is 26.9. The number of aryl methyl sites for hydroxylation is 2. The first-order valence-electron chi connectivity index (χ1n) is 13.2. The number of carbonyl (C=O) groups excluding carboxylic acids is 1. The monoisotopic (exact) mass is 517 g/mol. The summed E-state index contributed by atoms with van der Waals surface area (Å²) in [5.41, 5.74) is 6.86. The van der Waals surface area contributed by atoms with Gasteiger partial charge in [-0.05, 0) is 55.3 Å². The number of aromatic nitrogens is 3. The van der Waals surface area contributed by atoms with Crippen molar-refractivity contribution in [3.63, 3.8) is 0 Å². The van der Waals surface area contributed by atoms with Crippen molar-refractivity contribution < 1.29 is 9.53 Å². The molecule has 6 rings (SSSR count). The van der Waals surface area contributed by atoms with Crippen LogP contribution in [0.5, 0.6) is 5.75 Å². The van der Waals surface area contributed by atoms with Gasteiger partial charge in [-0.15, -0.1) is 0 Å². The van der Waals surface area contributed by atoms with E-state index in [4.69, 9.17) is 9.84 Å². The van der Waals surface area contributed by atoms with Crippen molar-refractivity contribution >= 4 is 11.7 Å². The van der Waals surface area contributed by atoms with Crippen molar-refractivity contribution in [1.82, 2.24) is 19.2 Å². The molecule has 7 heteroatoms. The molecule has 3 aromatic carbocycles. The Hall–Kier alpha value is -4.78. The molecular formula is C32H31N5O2. The lowest BCUT2D eigenvalue weighted by Crippen LogP contribution is -2.38. The van der Waals surface area contributed by atoms with Gasteiger partial charge in [0.2, 0.25) is 0 Å². The number of benzene rings is 3. The van der Waals surface area contributed by atoms with Crippen LogP contribution in [0, 0.1) is 6.92 Å². The van der Waals surface area contributed by atoms with E-state index in [0.717, 1.165) is 46.0 Å². The van der Waals surface area contributed by atoms with Crippen LogP contribution in [0.2, 0.25) is 0 Å². The van der Waals surface area contributed by atoms with Gasteiger partial charge >= 0.3 is 6.03 Å². The zero-order valence-electron chi connectivity index (χ0n) is 22.3. The van der Waals surface area contributed by atoms with Gasteiger partial charge in [0.25, 0.3) is 0 Å². The molecule has 5 aromatic rings. The fourth-order valence-corrected chi connectivity index (χ4v) is 5.44. The Bertz CT molecular complexity index is 1640. The van der Waals surface area contributed by atoms with Gasteiger partial charge in [0.15, 0.2) is 0 Å². The maximum atomic E-state index is 14.1. The van der Waals surface area contributed by atoms with Crippen LogP contribution in [-0.2, 0) is 13.0 Å². The SMILES string of the molecule is CCc1nn(-c2ccccc2)c2c1CN(C(=O)Nc1cccc(OC)c1)C(c1cccc(C)c1)c1cccn1-2. The van der Waals surface area contributed by atoms with Gasteiger partial charge < -0.3 is 19.5 Å². The van der Waals surface area contributed by atoms with E-state index < -0.39 is 0 Å². The summed E-state index contributed by atoms with van der Waals surface area (Å²) in [6.45, 7) is 4.59. The van der Waals surface area contributed by atoms with E-state index in [-0.39, 0.29) is 12.1 Å². The van der Waals surface area contributed by atoms with Crippen molar-refractivity contribution in [3.05, 3.63) is 125 Å². The molecule has 0 radical (unpaired) electrons. The van der Waals surface area contributed by atoms with Crippen LogP contribution in [0.1, 0.15) is 41.0 Å². The third-order valence-corrected chi connectivity index (χ3v) is 7.24. The molecule has 0 saturated carbocycles. The molecule has 2 amide bonds. The topological polar surface area (TPSA) is 64.3 Å². The Morgan fingerprint density at radius 3 is 2.59 bits per heavy atom. The van der Waals surface area contributed by atoms with E-state index in [2.05, 4.69) is 72.4 Å². The summed E-state index contributed by atoms with van der Waals surface area (Å²) in [4.78, 5) is 16.1. The lowest BCUT2D eigenvalue weighted by Gasteiger charge is -2.31. The van der Waals surface area contributed by atoms with Gasteiger partial charge in [-0.1, -0.05) is 61.0 Å². The van der Waals surface area contributed by atoms with Crippen molar-refractivity contribution in [1.29, 1.82) is 0 Å². The average molecular weight is 518 g/mol. The number of hydrogen-bond donors (Lipinski definition) is 1. The van der Waals surface area contributed by atoms with Gasteiger partial charge in [-0.3, -0.25) is 0 Å².